The van der Waals surface area contributed by atoms with Crippen LogP contribution >= 0.6 is 0 Å². The highest BCUT2D eigenvalue weighted by Crippen LogP contribution is 2.34. The molecule has 4 aromatic rings. The minimum atomic E-state index is 0.0605. The fourth-order valence-corrected chi connectivity index (χ4v) is 3.60. The van der Waals surface area contributed by atoms with E-state index in [9.17, 15) is 0 Å². The van der Waals surface area contributed by atoms with Gasteiger partial charge in [-0.1, -0.05) is 23.4 Å². The Kier molecular flexibility index (Phi) is 3.83. The van der Waals surface area contributed by atoms with Crippen LogP contribution in [0.25, 0.3) is 22.4 Å². The quantitative estimate of drug-likeness (QED) is 0.590. The first-order valence-electron chi connectivity index (χ1n) is 8.89. The molecule has 0 radical (unpaired) electrons. The first-order valence-corrected chi connectivity index (χ1v) is 8.89. The van der Waals surface area contributed by atoms with E-state index in [2.05, 4.69) is 37.1 Å². The maximum Gasteiger partial charge on any atom is 0.244 e. The molecular weight excluding hydrogens is 344 g/mol. The average Bonchev–Trinajstić information content (AvgIpc) is 3.41. The number of para-hydroxylation sites is 1. The lowest BCUT2D eigenvalue weighted by atomic mass is 10.2. The van der Waals surface area contributed by atoms with Crippen LogP contribution in [0.15, 0.2) is 51.8 Å². The third-order valence-electron chi connectivity index (χ3n) is 4.91. The SMILES string of the molecule is Nc1ncncc1-c1noc(C2CCCN2Cc2cc3ccccc3o2)n1. The van der Waals surface area contributed by atoms with E-state index < -0.39 is 0 Å². The number of anilines is 1. The smallest absolute Gasteiger partial charge is 0.244 e. The van der Waals surface area contributed by atoms with Gasteiger partial charge in [0.1, 0.15) is 23.5 Å². The molecule has 136 valence electrons. The van der Waals surface area contributed by atoms with Gasteiger partial charge in [0.15, 0.2) is 0 Å². The van der Waals surface area contributed by atoms with E-state index in [0.29, 0.717) is 29.6 Å². The number of nitrogens with zero attached hydrogens (tertiary/aromatic N) is 5. The summed E-state index contributed by atoms with van der Waals surface area (Å²) in [6.07, 6.45) is 5.02. The molecule has 0 aliphatic carbocycles. The van der Waals surface area contributed by atoms with E-state index >= 15 is 0 Å². The number of fused-ring (bicyclic) bond motifs is 1. The van der Waals surface area contributed by atoms with Crippen molar-refractivity contribution >= 4 is 16.8 Å². The van der Waals surface area contributed by atoms with E-state index in [-0.39, 0.29) is 6.04 Å². The van der Waals surface area contributed by atoms with Crippen LogP contribution in [-0.4, -0.2) is 31.6 Å². The lowest BCUT2D eigenvalue weighted by Crippen LogP contribution is -2.22. The van der Waals surface area contributed by atoms with Crippen molar-refractivity contribution < 1.29 is 8.94 Å². The maximum atomic E-state index is 5.96. The van der Waals surface area contributed by atoms with Gasteiger partial charge in [-0.25, -0.2) is 9.97 Å². The molecule has 0 bridgehead atoms. The van der Waals surface area contributed by atoms with Crippen LogP contribution in [0.4, 0.5) is 5.82 Å². The Morgan fingerprint density at radius 2 is 2.19 bits per heavy atom. The molecule has 5 rings (SSSR count). The summed E-state index contributed by atoms with van der Waals surface area (Å²) in [5.41, 5.74) is 7.37. The Hall–Kier alpha value is -3.26. The summed E-state index contributed by atoms with van der Waals surface area (Å²) in [6.45, 7) is 1.66. The number of aromatic nitrogens is 4. The van der Waals surface area contributed by atoms with Crippen molar-refractivity contribution in [3.63, 3.8) is 0 Å². The number of likely N-dealkylation sites (tertiary alicyclic amines) is 1. The lowest BCUT2D eigenvalue weighted by Gasteiger charge is -2.19. The molecule has 1 aliphatic rings. The van der Waals surface area contributed by atoms with Crippen molar-refractivity contribution in [3.05, 3.63) is 54.5 Å². The number of hydrogen-bond acceptors (Lipinski definition) is 8. The van der Waals surface area contributed by atoms with E-state index in [1.54, 1.807) is 6.20 Å². The Morgan fingerprint density at radius 1 is 1.26 bits per heavy atom. The molecule has 1 aromatic carbocycles. The Bertz CT molecular complexity index is 1060. The van der Waals surface area contributed by atoms with E-state index in [4.69, 9.17) is 14.7 Å². The second kappa shape index (κ2) is 6.48. The highest BCUT2D eigenvalue weighted by molar-refractivity contribution is 5.77. The molecule has 8 nitrogen and oxygen atoms in total. The highest BCUT2D eigenvalue weighted by Gasteiger charge is 2.31. The number of benzene rings is 1. The molecule has 4 heterocycles. The monoisotopic (exact) mass is 362 g/mol. The van der Waals surface area contributed by atoms with Crippen molar-refractivity contribution in [2.45, 2.75) is 25.4 Å². The summed E-state index contributed by atoms with van der Waals surface area (Å²) < 4.78 is 11.5. The fraction of sp³-hybridized carbons (Fsp3) is 0.263. The van der Waals surface area contributed by atoms with E-state index in [1.165, 1.54) is 6.33 Å². The van der Waals surface area contributed by atoms with Crippen LogP contribution in [0.2, 0.25) is 0 Å². The van der Waals surface area contributed by atoms with Gasteiger partial charge in [0.25, 0.3) is 0 Å². The molecular formula is C19H18N6O2. The zero-order chi connectivity index (χ0) is 18.2. The van der Waals surface area contributed by atoms with Crippen LogP contribution in [0.1, 0.15) is 30.5 Å². The second-order valence-corrected chi connectivity index (χ2v) is 6.66. The first-order chi connectivity index (χ1) is 13.3. The van der Waals surface area contributed by atoms with E-state index in [1.807, 2.05) is 18.2 Å². The molecule has 1 saturated heterocycles. The third kappa shape index (κ3) is 2.93. The van der Waals surface area contributed by atoms with Crippen molar-refractivity contribution in [2.75, 3.05) is 12.3 Å². The van der Waals surface area contributed by atoms with Gasteiger partial charge < -0.3 is 14.7 Å². The number of nitrogens with two attached hydrogens (primary N) is 1. The number of hydrogen-bond donors (Lipinski definition) is 1. The summed E-state index contributed by atoms with van der Waals surface area (Å²) in [5.74, 6) is 2.27. The first kappa shape index (κ1) is 16.0. The second-order valence-electron chi connectivity index (χ2n) is 6.66. The zero-order valence-corrected chi connectivity index (χ0v) is 14.6. The van der Waals surface area contributed by atoms with Gasteiger partial charge in [-0.2, -0.15) is 4.98 Å². The third-order valence-corrected chi connectivity index (χ3v) is 4.91. The Morgan fingerprint density at radius 3 is 3.07 bits per heavy atom. The van der Waals surface area contributed by atoms with Crippen LogP contribution in [-0.2, 0) is 6.54 Å². The Balaban J connectivity index is 1.39. The molecule has 1 fully saturated rings. The van der Waals surface area contributed by atoms with Gasteiger partial charge >= 0.3 is 0 Å². The molecule has 0 saturated carbocycles. The molecule has 2 N–H and O–H groups in total. The van der Waals surface area contributed by atoms with Crippen LogP contribution in [0.5, 0.6) is 0 Å². The summed E-state index contributed by atoms with van der Waals surface area (Å²) in [6, 6.07) is 10.2. The van der Waals surface area contributed by atoms with Gasteiger partial charge in [-0.05, 0) is 31.5 Å². The topological polar surface area (TPSA) is 107 Å². The molecule has 1 atom stereocenters. The van der Waals surface area contributed by atoms with Crippen molar-refractivity contribution in [3.8, 4) is 11.4 Å². The largest absolute Gasteiger partial charge is 0.460 e. The van der Waals surface area contributed by atoms with Gasteiger partial charge in [0, 0.05) is 11.6 Å². The normalized spacial score (nSPS) is 17.7. The van der Waals surface area contributed by atoms with Crippen molar-refractivity contribution in [1.82, 2.24) is 25.0 Å². The summed E-state index contributed by atoms with van der Waals surface area (Å²) >= 11 is 0. The number of furan rings is 1. The minimum Gasteiger partial charge on any atom is -0.460 e. The zero-order valence-electron chi connectivity index (χ0n) is 14.6. The van der Waals surface area contributed by atoms with E-state index in [0.717, 1.165) is 36.1 Å². The van der Waals surface area contributed by atoms with Crippen LogP contribution in [0.3, 0.4) is 0 Å². The molecule has 27 heavy (non-hydrogen) atoms. The molecule has 3 aromatic heterocycles. The maximum absolute atomic E-state index is 5.96. The summed E-state index contributed by atoms with van der Waals surface area (Å²) in [7, 11) is 0. The van der Waals surface area contributed by atoms with Crippen LogP contribution < -0.4 is 5.73 Å². The van der Waals surface area contributed by atoms with Gasteiger partial charge in [-0.3, -0.25) is 4.90 Å². The van der Waals surface area contributed by atoms with Crippen molar-refractivity contribution in [1.29, 1.82) is 0 Å². The predicted molar refractivity (Wildman–Crippen MR) is 98.3 cm³/mol. The molecule has 8 heteroatoms. The fourth-order valence-electron chi connectivity index (χ4n) is 3.60. The number of rotatable bonds is 4. The highest BCUT2D eigenvalue weighted by atomic mass is 16.5. The van der Waals surface area contributed by atoms with Crippen molar-refractivity contribution in [2.24, 2.45) is 0 Å². The lowest BCUT2D eigenvalue weighted by molar-refractivity contribution is 0.190. The minimum absolute atomic E-state index is 0.0605. The summed E-state index contributed by atoms with van der Waals surface area (Å²) in [4.78, 5) is 14.8. The molecule has 0 spiro atoms. The van der Waals surface area contributed by atoms with Crippen LogP contribution in [0, 0.1) is 0 Å². The summed E-state index contributed by atoms with van der Waals surface area (Å²) in [5, 5.41) is 5.19. The standard InChI is InChI=1S/C19H18N6O2/c20-17-14(9-21-11-22-17)18-23-19(27-24-18)15-5-3-7-25(15)10-13-8-12-4-1-2-6-16(12)26-13/h1-2,4,6,8-9,11,15H,3,5,7,10H2,(H2,20,21,22). The van der Waals surface area contributed by atoms with Gasteiger partial charge in [0.05, 0.1) is 18.2 Å². The molecule has 0 amide bonds. The predicted octanol–water partition coefficient (Wildman–Crippen LogP) is 3.19. The number of nitrogen functional groups attached to an aromatic ring is 1. The van der Waals surface area contributed by atoms with Gasteiger partial charge in [-0.15, -0.1) is 0 Å². The Labute approximate surface area is 155 Å². The molecule has 1 unspecified atom stereocenters. The average molecular weight is 362 g/mol. The molecule has 1 aliphatic heterocycles. The van der Waals surface area contributed by atoms with Gasteiger partial charge in [0.2, 0.25) is 11.7 Å².